The molecule has 1 saturated carbocycles. The van der Waals surface area contributed by atoms with Gasteiger partial charge in [0.15, 0.2) is 5.96 Å². The molecule has 1 aromatic rings. The second kappa shape index (κ2) is 9.92. The first-order chi connectivity index (χ1) is 12.4. The Balaban J connectivity index is 1.94. The van der Waals surface area contributed by atoms with E-state index in [1.807, 2.05) is 38.1 Å². The van der Waals surface area contributed by atoms with Gasteiger partial charge in [0.05, 0.1) is 12.3 Å². The number of nitrogens with zero attached hydrogens (tertiary/aromatic N) is 1. The molecule has 1 aromatic carbocycles. The Morgan fingerprint density at radius 2 is 1.77 bits per heavy atom. The molecule has 0 unspecified atom stereocenters. The van der Waals surface area contributed by atoms with Crippen LogP contribution in [0.15, 0.2) is 29.3 Å². The highest BCUT2D eigenvalue weighted by atomic mass is 32.2. The predicted molar refractivity (Wildman–Crippen MR) is 108 cm³/mol. The molecule has 0 aliphatic heterocycles. The summed E-state index contributed by atoms with van der Waals surface area (Å²) >= 11 is 0. The van der Waals surface area contributed by atoms with Crippen molar-refractivity contribution >= 4 is 16.0 Å². The van der Waals surface area contributed by atoms with Crippen LogP contribution in [0.4, 0.5) is 0 Å². The first kappa shape index (κ1) is 20.7. The zero-order chi connectivity index (χ0) is 19.0. The van der Waals surface area contributed by atoms with E-state index in [4.69, 9.17) is 0 Å². The maximum atomic E-state index is 12.0. The smallest absolute Gasteiger partial charge is 0.216 e. The van der Waals surface area contributed by atoms with Crippen molar-refractivity contribution in [2.45, 2.75) is 70.8 Å². The van der Waals surface area contributed by atoms with Crippen LogP contribution in [-0.4, -0.2) is 33.0 Å². The number of nitrogens with one attached hydrogen (secondary N) is 3. The van der Waals surface area contributed by atoms with Crippen molar-refractivity contribution in [1.29, 1.82) is 0 Å². The van der Waals surface area contributed by atoms with Crippen LogP contribution in [0.25, 0.3) is 0 Å². The fraction of sp³-hybridized carbons (Fsp3) is 0.632. The molecular weight excluding hydrogens is 348 g/mol. The van der Waals surface area contributed by atoms with Crippen LogP contribution in [-0.2, 0) is 22.3 Å². The number of aliphatic imine (C=N–C) groups is 1. The van der Waals surface area contributed by atoms with E-state index in [9.17, 15) is 8.42 Å². The fourth-order valence-corrected chi connectivity index (χ4v) is 4.55. The largest absolute Gasteiger partial charge is 0.357 e. The molecule has 1 aliphatic carbocycles. The quantitative estimate of drug-likeness (QED) is 0.478. The normalized spacial score (nSPS) is 16.2. The van der Waals surface area contributed by atoms with Crippen LogP contribution in [0.5, 0.6) is 0 Å². The first-order valence-electron chi connectivity index (χ1n) is 9.50. The molecule has 0 aromatic heterocycles. The number of benzene rings is 1. The first-order valence-corrected chi connectivity index (χ1v) is 11.2. The molecule has 7 heteroatoms. The number of hydrogen-bond acceptors (Lipinski definition) is 3. The molecule has 0 amide bonds. The molecule has 1 aliphatic rings. The fourth-order valence-electron chi connectivity index (χ4n) is 3.11. The minimum absolute atomic E-state index is 0.000599. The molecule has 0 heterocycles. The summed E-state index contributed by atoms with van der Waals surface area (Å²) in [5, 5.41) is 6.79. The molecule has 26 heavy (non-hydrogen) atoms. The van der Waals surface area contributed by atoms with Gasteiger partial charge in [-0.15, -0.1) is 0 Å². The van der Waals surface area contributed by atoms with Crippen LogP contribution in [0.3, 0.4) is 0 Å². The standard InChI is InChI=1S/C19H32N4O2S/c1-4-20-19(22-18-7-5-6-8-18)21-13-16-9-11-17(12-10-16)14-26(24,25)23-15(2)3/h9-12,15,18,23H,4-8,13-14H2,1-3H3,(H2,20,21,22). The minimum Gasteiger partial charge on any atom is -0.357 e. The number of guanidine groups is 1. The van der Waals surface area contributed by atoms with E-state index in [0.29, 0.717) is 12.6 Å². The summed E-state index contributed by atoms with van der Waals surface area (Å²) < 4.78 is 26.6. The summed E-state index contributed by atoms with van der Waals surface area (Å²) in [5.41, 5.74) is 1.84. The van der Waals surface area contributed by atoms with Crippen molar-refractivity contribution in [3.05, 3.63) is 35.4 Å². The summed E-state index contributed by atoms with van der Waals surface area (Å²) in [4.78, 5) is 4.65. The van der Waals surface area contributed by atoms with Crippen LogP contribution in [0.2, 0.25) is 0 Å². The Bertz CT molecular complexity index is 678. The van der Waals surface area contributed by atoms with Gasteiger partial charge in [-0.2, -0.15) is 0 Å². The van der Waals surface area contributed by atoms with Crippen molar-refractivity contribution in [2.24, 2.45) is 4.99 Å². The Morgan fingerprint density at radius 3 is 2.35 bits per heavy atom. The van der Waals surface area contributed by atoms with Crippen LogP contribution >= 0.6 is 0 Å². The van der Waals surface area contributed by atoms with Gasteiger partial charge in [-0.1, -0.05) is 37.1 Å². The van der Waals surface area contributed by atoms with E-state index >= 15 is 0 Å². The van der Waals surface area contributed by atoms with Crippen molar-refractivity contribution < 1.29 is 8.42 Å². The monoisotopic (exact) mass is 380 g/mol. The summed E-state index contributed by atoms with van der Waals surface area (Å²) in [6, 6.07) is 8.05. The molecule has 2 rings (SSSR count). The molecule has 0 spiro atoms. The van der Waals surface area contributed by atoms with Gasteiger partial charge >= 0.3 is 0 Å². The molecule has 1 fully saturated rings. The van der Waals surface area contributed by atoms with Crippen molar-refractivity contribution in [3.8, 4) is 0 Å². The van der Waals surface area contributed by atoms with Gasteiger partial charge in [0.2, 0.25) is 10.0 Å². The Kier molecular flexibility index (Phi) is 7.90. The molecular formula is C19H32N4O2S. The predicted octanol–water partition coefficient (Wildman–Crippen LogP) is 2.51. The maximum absolute atomic E-state index is 12.0. The number of sulfonamides is 1. The molecule has 0 radical (unpaired) electrons. The van der Waals surface area contributed by atoms with Gasteiger partial charge in [-0.05, 0) is 44.7 Å². The second-order valence-corrected chi connectivity index (χ2v) is 8.92. The topological polar surface area (TPSA) is 82.6 Å². The Morgan fingerprint density at radius 1 is 1.15 bits per heavy atom. The van der Waals surface area contributed by atoms with E-state index in [0.717, 1.165) is 23.6 Å². The van der Waals surface area contributed by atoms with E-state index in [2.05, 4.69) is 27.3 Å². The SMILES string of the molecule is CCNC(=NCc1ccc(CS(=O)(=O)NC(C)C)cc1)NC1CCCC1. The van der Waals surface area contributed by atoms with Crippen LogP contribution < -0.4 is 15.4 Å². The van der Waals surface area contributed by atoms with Gasteiger partial charge < -0.3 is 10.6 Å². The molecule has 0 bridgehead atoms. The molecule has 146 valence electrons. The summed E-state index contributed by atoms with van der Waals surface area (Å²) in [6.45, 7) is 7.10. The van der Waals surface area contributed by atoms with E-state index < -0.39 is 10.0 Å². The maximum Gasteiger partial charge on any atom is 0.216 e. The third-order valence-electron chi connectivity index (χ3n) is 4.25. The summed E-state index contributed by atoms with van der Waals surface area (Å²) in [7, 11) is -3.29. The van der Waals surface area contributed by atoms with Crippen LogP contribution in [0, 0.1) is 0 Å². The highest BCUT2D eigenvalue weighted by Gasteiger charge is 2.16. The zero-order valence-corrected chi connectivity index (χ0v) is 16.9. The highest BCUT2D eigenvalue weighted by Crippen LogP contribution is 2.17. The zero-order valence-electron chi connectivity index (χ0n) is 16.1. The van der Waals surface area contributed by atoms with Gasteiger partial charge in [-0.3, -0.25) is 0 Å². The van der Waals surface area contributed by atoms with Crippen molar-refractivity contribution in [1.82, 2.24) is 15.4 Å². The minimum atomic E-state index is -3.29. The molecule has 0 saturated heterocycles. The average molecular weight is 381 g/mol. The van der Waals surface area contributed by atoms with Crippen molar-refractivity contribution in [3.63, 3.8) is 0 Å². The summed E-state index contributed by atoms with van der Waals surface area (Å²) in [6.07, 6.45) is 4.98. The summed E-state index contributed by atoms with van der Waals surface area (Å²) in [5.74, 6) is 0.854. The molecule has 3 N–H and O–H groups in total. The lowest BCUT2D eigenvalue weighted by Gasteiger charge is -2.16. The number of rotatable bonds is 8. The third kappa shape index (κ3) is 7.33. The highest BCUT2D eigenvalue weighted by molar-refractivity contribution is 7.88. The van der Waals surface area contributed by atoms with E-state index in [1.165, 1.54) is 25.7 Å². The van der Waals surface area contributed by atoms with Gasteiger partial charge in [0.1, 0.15) is 0 Å². The van der Waals surface area contributed by atoms with Crippen LogP contribution in [0.1, 0.15) is 57.6 Å². The Hall–Kier alpha value is -1.60. The Labute approximate surface area is 157 Å². The molecule has 0 atom stereocenters. The van der Waals surface area contributed by atoms with E-state index in [1.54, 1.807) is 0 Å². The number of hydrogen-bond donors (Lipinski definition) is 3. The third-order valence-corrected chi connectivity index (χ3v) is 5.80. The van der Waals surface area contributed by atoms with Gasteiger partial charge in [-0.25, -0.2) is 18.1 Å². The van der Waals surface area contributed by atoms with E-state index in [-0.39, 0.29) is 11.8 Å². The second-order valence-electron chi connectivity index (χ2n) is 7.17. The lowest BCUT2D eigenvalue weighted by molar-refractivity contribution is 0.569. The molecule has 6 nitrogen and oxygen atoms in total. The lowest BCUT2D eigenvalue weighted by atomic mass is 10.1. The van der Waals surface area contributed by atoms with Crippen molar-refractivity contribution in [2.75, 3.05) is 6.54 Å². The average Bonchev–Trinajstić information content (AvgIpc) is 3.05. The lowest BCUT2D eigenvalue weighted by Crippen LogP contribution is -2.42. The van der Waals surface area contributed by atoms with Gasteiger partial charge in [0.25, 0.3) is 0 Å². The van der Waals surface area contributed by atoms with Gasteiger partial charge in [0, 0.05) is 18.6 Å².